The molecule has 102 valence electrons. The van der Waals surface area contributed by atoms with Crippen molar-refractivity contribution in [3.8, 4) is 0 Å². The van der Waals surface area contributed by atoms with E-state index in [9.17, 15) is 14.4 Å². The van der Waals surface area contributed by atoms with Crippen LogP contribution in [0.2, 0.25) is 0 Å². The molecule has 0 N–H and O–H groups in total. The Morgan fingerprint density at radius 1 is 0.778 bits per heavy atom. The molecule has 0 aromatic rings. The highest BCUT2D eigenvalue weighted by Gasteiger charge is 2.23. The highest BCUT2D eigenvalue weighted by Crippen LogP contribution is 2.09. The molecule has 0 aliphatic rings. The summed E-state index contributed by atoms with van der Waals surface area (Å²) >= 11 is 0. The van der Waals surface area contributed by atoms with Crippen molar-refractivity contribution in [1.29, 1.82) is 0 Å². The number of hydrogen-bond donors (Lipinski definition) is 0. The SMILES string of the molecule is CC(C)(C)OC(=O)N=NC(=O)C(=O)OC(C)(C)C. The van der Waals surface area contributed by atoms with E-state index in [1.807, 2.05) is 0 Å². The summed E-state index contributed by atoms with van der Waals surface area (Å²) in [6.45, 7) is 9.71. The van der Waals surface area contributed by atoms with Gasteiger partial charge in [-0.3, -0.25) is 4.79 Å². The van der Waals surface area contributed by atoms with Crippen LogP contribution in [0.25, 0.3) is 0 Å². The van der Waals surface area contributed by atoms with Crippen molar-refractivity contribution in [2.24, 2.45) is 10.2 Å². The third kappa shape index (κ3) is 8.37. The lowest BCUT2D eigenvalue weighted by atomic mass is 10.2. The highest BCUT2D eigenvalue weighted by atomic mass is 16.6. The number of nitrogens with zero attached hydrogens (tertiary/aromatic N) is 2. The second-order valence-electron chi connectivity index (χ2n) is 5.49. The lowest BCUT2D eigenvalue weighted by molar-refractivity contribution is -0.162. The summed E-state index contributed by atoms with van der Waals surface area (Å²) in [6, 6.07) is 0. The Bertz CT molecular complexity index is 374. The number of carbonyl (C=O) groups is 3. The molecule has 0 rings (SSSR count). The van der Waals surface area contributed by atoms with E-state index in [0.717, 1.165) is 0 Å². The molecule has 18 heavy (non-hydrogen) atoms. The Balaban J connectivity index is 4.40. The van der Waals surface area contributed by atoms with E-state index in [4.69, 9.17) is 9.47 Å². The standard InChI is InChI=1S/C11H18N2O5/c1-10(2,3)17-8(15)7(14)12-13-9(16)18-11(4,5)6/h1-6H3. The monoisotopic (exact) mass is 258 g/mol. The first-order valence-corrected chi connectivity index (χ1v) is 5.33. The Hall–Kier alpha value is -1.79. The van der Waals surface area contributed by atoms with Crippen molar-refractivity contribution in [1.82, 2.24) is 0 Å². The van der Waals surface area contributed by atoms with E-state index >= 15 is 0 Å². The zero-order valence-corrected chi connectivity index (χ0v) is 11.4. The smallest absolute Gasteiger partial charge is 0.453 e. The predicted octanol–water partition coefficient (Wildman–Crippen LogP) is 2.24. The minimum atomic E-state index is -1.25. The van der Waals surface area contributed by atoms with Crippen molar-refractivity contribution in [2.75, 3.05) is 0 Å². The maximum Gasteiger partial charge on any atom is 0.453 e. The Labute approximate surface area is 106 Å². The number of amides is 2. The molecule has 0 unspecified atom stereocenters. The molecule has 0 radical (unpaired) electrons. The van der Waals surface area contributed by atoms with E-state index in [2.05, 4.69) is 10.2 Å². The zero-order chi connectivity index (χ0) is 14.6. The maximum atomic E-state index is 11.2. The van der Waals surface area contributed by atoms with Crippen LogP contribution < -0.4 is 0 Å². The molecule has 7 nitrogen and oxygen atoms in total. The van der Waals surface area contributed by atoms with Gasteiger partial charge in [0.1, 0.15) is 11.2 Å². The van der Waals surface area contributed by atoms with Crippen LogP contribution in [-0.4, -0.2) is 29.2 Å². The van der Waals surface area contributed by atoms with Gasteiger partial charge in [-0.1, -0.05) is 10.2 Å². The van der Waals surface area contributed by atoms with E-state index in [1.165, 1.54) is 0 Å². The van der Waals surface area contributed by atoms with Crippen LogP contribution in [0.1, 0.15) is 41.5 Å². The van der Waals surface area contributed by atoms with Gasteiger partial charge in [-0.15, -0.1) is 0 Å². The van der Waals surface area contributed by atoms with Gasteiger partial charge in [-0.2, -0.15) is 0 Å². The normalized spacial score (nSPS) is 12.3. The van der Waals surface area contributed by atoms with Crippen LogP contribution in [0.4, 0.5) is 4.79 Å². The lowest BCUT2D eigenvalue weighted by Crippen LogP contribution is -2.28. The first-order valence-electron chi connectivity index (χ1n) is 5.33. The molecule has 0 aromatic carbocycles. The van der Waals surface area contributed by atoms with Gasteiger partial charge in [0.2, 0.25) is 0 Å². The second kappa shape index (κ2) is 5.70. The molecule has 0 aliphatic carbocycles. The molecule has 0 saturated carbocycles. The molecule has 0 fully saturated rings. The van der Waals surface area contributed by atoms with Crippen LogP contribution >= 0.6 is 0 Å². The molecule has 7 heteroatoms. The highest BCUT2D eigenvalue weighted by molar-refractivity contribution is 6.32. The van der Waals surface area contributed by atoms with E-state index < -0.39 is 29.2 Å². The average molecular weight is 258 g/mol. The molecular formula is C11H18N2O5. The third-order valence-corrected chi connectivity index (χ3v) is 1.19. The largest absolute Gasteiger partial charge is 0.453 e. The molecule has 0 saturated heterocycles. The predicted molar refractivity (Wildman–Crippen MR) is 61.9 cm³/mol. The number of esters is 1. The van der Waals surface area contributed by atoms with Gasteiger partial charge in [0.25, 0.3) is 0 Å². The van der Waals surface area contributed by atoms with Crippen LogP contribution in [0.15, 0.2) is 10.2 Å². The summed E-state index contributed by atoms with van der Waals surface area (Å²) < 4.78 is 9.50. The minimum absolute atomic E-state index is 0.745. The summed E-state index contributed by atoms with van der Waals surface area (Å²) in [5.41, 5.74) is -1.56. The lowest BCUT2D eigenvalue weighted by Gasteiger charge is -2.17. The van der Waals surface area contributed by atoms with Gasteiger partial charge >= 0.3 is 18.0 Å². The van der Waals surface area contributed by atoms with Crippen LogP contribution in [0.5, 0.6) is 0 Å². The van der Waals surface area contributed by atoms with Crippen molar-refractivity contribution in [2.45, 2.75) is 52.7 Å². The Morgan fingerprint density at radius 2 is 1.22 bits per heavy atom. The van der Waals surface area contributed by atoms with E-state index in [1.54, 1.807) is 41.5 Å². The van der Waals surface area contributed by atoms with Crippen molar-refractivity contribution in [3.05, 3.63) is 0 Å². The van der Waals surface area contributed by atoms with Crippen LogP contribution in [-0.2, 0) is 19.1 Å². The van der Waals surface area contributed by atoms with Crippen LogP contribution in [0, 0.1) is 0 Å². The summed E-state index contributed by atoms with van der Waals surface area (Å²) in [6.07, 6.45) is -1.04. The second-order valence-corrected chi connectivity index (χ2v) is 5.49. The number of ether oxygens (including phenoxy) is 2. The molecule has 0 aliphatic heterocycles. The first-order chi connectivity index (χ1) is 7.91. The Morgan fingerprint density at radius 3 is 1.61 bits per heavy atom. The fourth-order valence-corrected chi connectivity index (χ4v) is 0.731. The van der Waals surface area contributed by atoms with E-state index in [0.29, 0.717) is 0 Å². The van der Waals surface area contributed by atoms with Gasteiger partial charge in [-0.25, -0.2) is 9.59 Å². The minimum Gasteiger partial charge on any atom is -0.453 e. The zero-order valence-electron chi connectivity index (χ0n) is 11.4. The summed E-state index contributed by atoms with van der Waals surface area (Å²) in [7, 11) is 0. The summed E-state index contributed by atoms with van der Waals surface area (Å²) in [4.78, 5) is 33.4. The van der Waals surface area contributed by atoms with Crippen molar-refractivity contribution in [3.63, 3.8) is 0 Å². The topological polar surface area (TPSA) is 94.4 Å². The maximum absolute atomic E-state index is 11.2. The fraction of sp³-hybridized carbons (Fsp3) is 0.727. The van der Waals surface area contributed by atoms with Gasteiger partial charge in [0, 0.05) is 0 Å². The molecule has 0 heterocycles. The Kier molecular flexibility index (Phi) is 5.13. The summed E-state index contributed by atoms with van der Waals surface area (Å²) in [5.74, 6) is -2.43. The van der Waals surface area contributed by atoms with Crippen molar-refractivity contribution >= 4 is 18.0 Å². The fourth-order valence-electron chi connectivity index (χ4n) is 0.731. The number of rotatable bonds is 0. The molecule has 0 bridgehead atoms. The van der Waals surface area contributed by atoms with Gasteiger partial charge in [0.15, 0.2) is 0 Å². The quantitative estimate of drug-likeness (QED) is 0.377. The number of azo groups is 1. The first kappa shape index (κ1) is 16.2. The molecular weight excluding hydrogens is 240 g/mol. The van der Waals surface area contributed by atoms with E-state index in [-0.39, 0.29) is 0 Å². The summed E-state index contributed by atoms with van der Waals surface area (Å²) in [5, 5.41) is 5.90. The van der Waals surface area contributed by atoms with Gasteiger partial charge < -0.3 is 9.47 Å². The number of carbonyl (C=O) groups excluding carboxylic acids is 3. The molecule has 0 aromatic heterocycles. The van der Waals surface area contributed by atoms with Gasteiger partial charge in [-0.05, 0) is 41.5 Å². The third-order valence-electron chi connectivity index (χ3n) is 1.19. The average Bonchev–Trinajstić information content (AvgIpc) is 2.08. The van der Waals surface area contributed by atoms with Crippen molar-refractivity contribution < 1.29 is 23.9 Å². The number of hydrogen-bond acceptors (Lipinski definition) is 5. The van der Waals surface area contributed by atoms with Gasteiger partial charge in [0.05, 0.1) is 0 Å². The molecule has 0 spiro atoms. The molecule has 2 amide bonds. The molecule has 0 atom stereocenters. The van der Waals surface area contributed by atoms with Crippen LogP contribution in [0.3, 0.4) is 0 Å².